The molecule has 0 radical (unpaired) electrons. The van der Waals surface area contributed by atoms with Crippen molar-refractivity contribution in [2.75, 3.05) is 26.2 Å². The number of hydrogen-bond acceptors (Lipinski definition) is 2. The fourth-order valence-corrected chi connectivity index (χ4v) is 3.20. The summed E-state index contributed by atoms with van der Waals surface area (Å²) >= 11 is 0. The first-order valence-electron chi connectivity index (χ1n) is 11.2. The van der Waals surface area contributed by atoms with Crippen LogP contribution < -0.4 is 0 Å². The zero-order valence-corrected chi connectivity index (χ0v) is 18.5. The third kappa shape index (κ3) is 19.5. The van der Waals surface area contributed by atoms with Crippen LogP contribution in [-0.2, 0) is 9.59 Å². The molecule has 162 valence electrons. The average Bonchev–Trinajstić information content (AvgIpc) is 2.64. The van der Waals surface area contributed by atoms with Gasteiger partial charge in [-0.25, -0.2) is 0 Å². The molecule has 0 aromatic rings. The van der Waals surface area contributed by atoms with Gasteiger partial charge in [-0.1, -0.05) is 53.4 Å². The van der Waals surface area contributed by atoms with Crippen LogP contribution in [0, 0.1) is 0 Å². The molecule has 0 heterocycles. The number of carboxylic acid groups (broad SMARTS) is 2. The zero-order valence-electron chi connectivity index (χ0n) is 18.5. The fraction of sp³-hybridized carbons (Fsp3) is 0.909. The quantitative estimate of drug-likeness (QED) is 0.247. The van der Waals surface area contributed by atoms with Crippen LogP contribution in [0.2, 0.25) is 0 Å². The largest absolute Gasteiger partial charge is 0.481 e. The van der Waals surface area contributed by atoms with Crippen molar-refractivity contribution in [1.29, 1.82) is 0 Å². The van der Waals surface area contributed by atoms with E-state index in [0.717, 1.165) is 0 Å². The second kappa shape index (κ2) is 19.7. The molecular weight excluding hydrogens is 342 g/mol. The molecule has 0 bridgehead atoms. The highest BCUT2D eigenvalue weighted by Gasteiger charge is 2.24. The van der Waals surface area contributed by atoms with Gasteiger partial charge in [0.1, 0.15) is 0 Å². The number of quaternary nitrogens is 1. The SMILES string of the molecule is CCCC[N+](CCCC)(CCCC)CCCC.O=C(O)CCCCC(=O)O. The monoisotopic (exact) mass is 388 g/mol. The number of rotatable bonds is 17. The Morgan fingerprint density at radius 2 is 0.815 bits per heavy atom. The Balaban J connectivity index is 0. The van der Waals surface area contributed by atoms with Gasteiger partial charge in [0.2, 0.25) is 0 Å². The summed E-state index contributed by atoms with van der Waals surface area (Å²) in [5, 5.41) is 16.3. The maximum Gasteiger partial charge on any atom is 0.303 e. The highest BCUT2D eigenvalue weighted by molar-refractivity contribution is 5.67. The van der Waals surface area contributed by atoms with Gasteiger partial charge in [0.25, 0.3) is 0 Å². The van der Waals surface area contributed by atoms with Gasteiger partial charge in [-0.05, 0) is 38.5 Å². The van der Waals surface area contributed by atoms with Gasteiger partial charge in [-0.2, -0.15) is 0 Å². The van der Waals surface area contributed by atoms with E-state index in [-0.39, 0.29) is 12.8 Å². The molecule has 0 spiro atoms. The summed E-state index contributed by atoms with van der Waals surface area (Å²) in [5.41, 5.74) is 0. The molecule has 0 unspecified atom stereocenters. The van der Waals surface area contributed by atoms with Crippen molar-refractivity contribution in [2.45, 2.75) is 105 Å². The average molecular weight is 389 g/mol. The van der Waals surface area contributed by atoms with E-state index in [2.05, 4.69) is 27.7 Å². The minimum Gasteiger partial charge on any atom is -0.481 e. The lowest BCUT2D eigenvalue weighted by Crippen LogP contribution is -2.50. The summed E-state index contributed by atoms with van der Waals surface area (Å²) < 4.78 is 1.42. The maximum atomic E-state index is 9.90. The van der Waals surface area contributed by atoms with Gasteiger partial charge >= 0.3 is 11.9 Å². The van der Waals surface area contributed by atoms with Crippen LogP contribution in [0.3, 0.4) is 0 Å². The number of carboxylic acids is 2. The molecule has 27 heavy (non-hydrogen) atoms. The lowest BCUT2D eigenvalue weighted by molar-refractivity contribution is -0.929. The minimum atomic E-state index is -0.870. The third-order valence-corrected chi connectivity index (χ3v) is 4.98. The first-order valence-corrected chi connectivity index (χ1v) is 11.2. The lowest BCUT2D eigenvalue weighted by atomic mass is 10.1. The Hall–Kier alpha value is -1.10. The van der Waals surface area contributed by atoms with Crippen molar-refractivity contribution in [3.63, 3.8) is 0 Å². The summed E-state index contributed by atoms with van der Waals surface area (Å²) in [5.74, 6) is -1.74. The van der Waals surface area contributed by atoms with E-state index in [1.54, 1.807) is 0 Å². The number of unbranched alkanes of at least 4 members (excludes halogenated alkanes) is 5. The van der Waals surface area contributed by atoms with Crippen molar-refractivity contribution in [3.05, 3.63) is 0 Å². The summed E-state index contributed by atoms with van der Waals surface area (Å²) in [6, 6.07) is 0. The van der Waals surface area contributed by atoms with Crippen LogP contribution in [-0.4, -0.2) is 52.8 Å². The van der Waals surface area contributed by atoms with Crippen LogP contribution in [0.4, 0.5) is 0 Å². The molecule has 5 heteroatoms. The Morgan fingerprint density at radius 3 is 1.00 bits per heavy atom. The van der Waals surface area contributed by atoms with Crippen LogP contribution in [0.25, 0.3) is 0 Å². The van der Waals surface area contributed by atoms with Crippen molar-refractivity contribution >= 4 is 11.9 Å². The minimum absolute atomic E-state index is 0.0628. The molecule has 0 aromatic heterocycles. The summed E-state index contributed by atoms with van der Waals surface area (Å²) in [4.78, 5) is 19.8. The van der Waals surface area contributed by atoms with Gasteiger partial charge in [0, 0.05) is 12.8 Å². The topological polar surface area (TPSA) is 74.6 Å². The van der Waals surface area contributed by atoms with Crippen molar-refractivity contribution < 1.29 is 24.3 Å². The molecule has 0 rings (SSSR count). The maximum absolute atomic E-state index is 9.90. The molecule has 0 aromatic carbocycles. The van der Waals surface area contributed by atoms with E-state index >= 15 is 0 Å². The fourth-order valence-electron chi connectivity index (χ4n) is 3.20. The highest BCUT2D eigenvalue weighted by Crippen LogP contribution is 2.16. The lowest BCUT2D eigenvalue weighted by Gasteiger charge is -2.39. The molecule has 0 saturated heterocycles. The summed E-state index contributed by atoms with van der Waals surface area (Å²) in [7, 11) is 0. The molecule has 0 aliphatic rings. The van der Waals surface area contributed by atoms with Crippen LogP contribution in [0.1, 0.15) is 105 Å². The Bertz CT molecular complexity index is 305. The third-order valence-electron chi connectivity index (χ3n) is 4.98. The van der Waals surface area contributed by atoms with Gasteiger partial charge in [-0.3, -0.25) is 9.59 Å². The zero-order chi connectivity index (χ0) is 21.0. The van der Waals surface area contributed by atoms with E-state index in [9.17, 15) is 9.59 Å². The molecule has 0 fully saturated rings. The van der Waals surface area contributed by atoms with E-state index in [4.69, 9.17) is 10.2 Å². The molecule has 0 amide bonds. The number of nitrogens with zero attached hydrogens (tertiary/aromatic N) is 1. The Morgan fingerprint density at radius 1 is 0.556 bits per heavy atom. The summed E-state index contributed by atoms with van der Waals surface area (Å²) in [6.07, 6.45) is 12.1. The Labute approximate surface area is 167 Å². The van der Waals surface area contributed by atoms with E-state index < -0.39 is 11.9 Å². The first kappa shape index (κ1) is 28.1. The standard InChI is InChI=1S/C16H36N.C6H10O4/c1-5-9-13-17(14-10-6-2,15-11-7-3)16-12-8-4;7-5(8)3-1-2-4-6(9)10/h5-16H2,1-4H3;1-4H2,(H,7,8)(H,9,10)/q+1;. The molecule has 5 nitrogen and oxygen atoms in total. The molecule has 0 atom stereocenters. The van der Waals surface area contributed by atoms with Crippen LogP contribution in [0.15, 0.2) is 0 Å². The predicted molar refractivity (Wildman–Crippen MR) is 113 cm³/mol. The van der Waals surface area contributed by atoms with Crippen molar-refractivity contribution in [3.8, 4) is 0 Å². The normalized spacial score (nSPS) is 11.0. The van der Waals surface area contributed by atoms with Gasteiger partial charge in [-0.15, -0.1) is 0 Å². The number of hydrogen-bond donors (Lipinski definition) is 2. The molecule has 2 N–H and O–H groups in total. The Kier molecular flexibility index (Phi) is 20.5. The molecule has 0 aliphatic heterocycles. The highest BCUT2D eigenvalue weighted by atomic mass is 16.4. The van der Waals surface area contributed by atoms with Crippen molar-refractivity contribution in [2.24, 2.45) is 0 Å². The second-order valence-electron chi connectivity index (χ2n) is 7.64. The van der Waals surface area contributed by atoms with Crippen LogP contribution in [0.5, 0.6) is 0 Å². The summed E-state index contributed by atoms with van der Waals surface area (Å²) in [6.45, 7) is 15.0. The number of carbonyl (C=O) groups is 2. The van der Waals surface area contributed by atoms with Gasteiger partial charge < -0.3 is 14.7 Å². The smallest absolute Gasteiger partial charge is 0.303 e. The van der Waals surface area contributed by atoms with E-state index in [1.165, 1.54) is 82.0 Å². The molecular formula is C22H46NO4+. The van der Waals surface area contributed by atoms with Crippen molar-refractivity contribution in [1.82, 2.24) is 0 Å². The van der Waals surface area contributed by atoms with Gasteiger partial charge in [0.15, 0.2) is 0 Å². The molecule has 0 saturated carbocycles. The van der Waals surface area contributed by atoms with E-state index in [0.29, 0.717) is 12.8 Å². The van der Waals surface area contributed by atoms with E-state index in [1.807, 2.05) is 0 Å². The number of aliphatic carboxylic acids is 2. The van der Waals surface area contributed by atoms with Crippen LogP contribution >= 0.6 is 0 Å². The van der Waals surface area contributed by atoms with Gasteiger partial charge in [0.05, 0.1) is 26.2 Å². The predicted octanol–water partition coefficient (Wildman–Crippen LogP) is 5.72. The molecule has 0 aliphatic carbocycles. The second-order valence-corrected chi connectivity index (χ2v) is 7.64. The first-order chi connectivity index (χ1) is 12.9.